The van der Waals surface area contributed by atoms with E-state index in [2.05, 4.69) is 153 Å². The molecule has 0 saturated heterocycles. The maximum absolute atomic E-state index is 3.94. The van der Waals surface area contributed by atoms with Gasteiger partial charge in [0.2, 0.25) is 0 Å². The van der Waals surface area contributed by atoms with Gasteiger partial charge in [0.05, 0.1) is 0 Å². The molecule has 0 aliphatic heterocycles. The minimum atomic E-state index is 1.16. The lowest BCUT2D eigenvalue weighted by Crippen LogP contribution is -2.00. The number of benzene rings is 5. The topological polar surface area (TPSA) is 0 Å². The molecule has 0 saturated carbocycles. The van der Waals surface area contributed by atoms with Gasteiger partial charge in [-0.2, -0.15) is 0 Å². The maximum Gasteiger partial charge on any atom is -0.00176 e. The van der Waals surface area contributed by atoms with Crippen LogP contribution in [-0.2, 0) is 0 Å². The van der Waals surface area contributed by atoms with Crippen LogP contribution in [0.15, 0.2) is 158 Å². The molecule has 0 unspecified atom stereocenters. The van der Waals surface area contributed by atoms with Crippen molar-refractivity contribution in [3.63, 3.8) is 0 Å². The Kier molecular flexibility index (Phi) is 7.39. The summed E-state index contributed by atoms with van der Waals surface area (Å²) in [4.78, 5) is 0. The second-order valence-electron chi connectivity index (χ2n) is 8.90. The summed E-state index contributed by atoms with van der Waals surface area (Å²) in [5.74, 6) is 0. The summed E-state index contributed by atoms with van der Waals surface area (Å²) < 4.78 is 0. The molecule has 0 aliphatic rings. The zero-order valence-corrected chi connectivity index (χ0v) is 21.1. The van der Waals surface area contributed by atoms with E-state index in [9.17, 15) is 0 Å². The van der Waals surface area contributed by atoms with Crippen molar-refractivity contribution >= 4 is 5.57 Å². The fourth-order valence-electron chi connectivity index (χ4n) is 4.97. The highest BCUT2D eigenvalue weighted by Gasteiger charge is 2.23. The van der Waals surface area contributed by atoms with Crippen molar-refractivity contribution in [2.45, 2.75) is 6.92 Å². The molecule has 37 heavy (non-hydrogen) atoms. The summed E-state index contributed by atoms with van der Waals surface area (Å²) in [6.07, 6.45) is 8.24. The molecule has 0 heterocycles. The van der Waals surface area contributed by atoms with Crippen LogP contribution in [0.4, 0.5) is 0 Å². The first-order valence-electron chi connectivity index (χ1n) is 12.7. The normalized spacial score (nSPS) is 11.5. The lowest BCUT2D eigenvalue weighted by molar-refractivity contribution is 1.50. The van der Waals surface area contributed by atoms with Gasteiger partial charge in [-0.25, -0.2) is 0 Å². The van der Waals surface area contributed by atoms with Gasteiger partial charge in [0, 0.05) is 0 Å². The first-order valence-corrected chi connectivity index (χ1v) is 12.7. The zero-order chi connectivity index (χ0) is 25.5. The van der Waals surface area contributed by atoms with E-state index in [1.54, 1.807) is 0 Å². The van der Waals surface area contributed by atoms with Crippen LogP contribution in [0.1, 0.15) is 12.5 Å². The van der Waals surface area contributed by atoms with Gasteiger partial charge in [-0.1, -0.05) is 152 Å². The summed E-state index contributed by atoms with van der Waals surface area (Å²) in [6, 6.07) is 45.3. The molecule has 0 atom stereocenters. The smallest absolute Gasteiger partial charge is 0.00176 e. The van der Waals surface area contributed by atoms with Crippen LogP contribution >= 0.6 is 0 Å². The fourth-order valence-corrected chi connectivity index (χ4v) is 4.97. The largest absolute Gasteiger partial charge is 0.0991 e. The Morgan fingerprint density at radius 3 is 1.27 bits per heavy atom. The van der Waals surface area contributed by atoms with Gasteiger partial charge >= 0.3 is 0 Å². The van der Waals surface area contributed by atoms with Crippen LogP contribution in [0, 0.1) is 0 Å². The van der Waals surface area contributed by atoms with E-state index in [4.69, 9.17) is 0 Å². The van der Waals surface area contributed by atoms with Crippen molar-refractivity contribution in [1.29, 1.82) is 0 Å². The van der Waals surface area contributed by atoms with Crippen molar-refractivity contribution in [2.24, 2.45) is 0 Å². The summed E-state index contributed by atoms with van der Waals surface area (Å²) in [7, 11) is 0. The van der Waals surface area contributed by atoms with Crippen LogP contribution < -0.4 is 0 Å². The molecule has 5 rings (SSSR count). The Balaban J connectivity index is 2.03. The van der Waals surface area contributed by atoms with Crippen LogP contribution in [-0.4, -0.2) is 0 Å². The molecule has 178 valence electrons. The van der Waals surface area contributed by atoms with Gasteiger partial charge in [-0.15, -0.1) is 0 Å². The SMILES string of the molecule is C=C/C=C\C(=C/C)c1c(-c2ccccc2)c(-c2ccccc2)cc(-c2ccccc2)c1-c1ccccc1. The second-order valence-corrected chi connectivity index (χ2v) is 8.90. The predicted octanol–water partition coefficient (Wildman–Crippen LogP) is 10.5. The Hall–Kier alpha value is -4.68. The van der Waals surface area contributed by atoms with E-state index in [1.807, 2.05) is 12.2 Å². The van der Waals surface area contributed by atoms with E-state index >= 15 is 0 Å². The van der Waals surface area contributed by atoms with Gasteiger partial charge in [-0.05, 0) is 68.6 Å². The highest BCUT2D eigenvalue weighted by atomic mass is 14.3. The average molecular weight is 475 g/mol. The third kappa shape index (κ3) is 5.01. The van der Waals surface area contributed by atoms with Gasteiger partial charge in [0.25, 0.3) is 0 Å². The molecule has 0 N–H and O–H groups in total. The minimum absolute atomic E-state index is 1.16. The lowest BCUT2D eigenvalue weighted by atomic mass is 9.78. The van der Waals surface area contributed by atoms with E-state index in [-0.39, 0.29) is 0 Å². The Morgan fingerprint density at radius 1 is 0.541 bits per heavy atom. The van der Waals surface area contributed by atoms with Crippen LogP contribution in [0.25, 0.3) is 50.1 Å². The summed E-state index contributed by atoms with van der Waals surface area (Å²) in [5.41, 5.74) is 12.0. The van der Waals surface area contributed by atoms with E-state index in [0.717, 1.165) is 5.57 Å². The molecule has 0 spiro atoms. The molecule has 0 radical (unpaired) electrons. The Morgan fingerprint density at radius 2 is 0.919 bits per heavy atom. The van der Waals surface area contributed by atoms with Crippen molar-refractivity contribution in [3.8, 4) is 44.5 Å². The molecule has 0 amide bonds. The minimum Gasteiger partial charge on any atom is -0.0991 e. The number of rotatable bonds is 7. The molecular formula is C37H30. The van der Waals surface area contributed by atoms with Crippen molar-refractivity contribution in [1.82, 2.24) is 0 Å². The van der Waals surface area contributed by atoms with E-state index in [1.165, 1.54) is 50.1 Å². The van der Waals surface area contributed by atoms with Crippen LogP contribution in [0.3, 0.4) is 0 Å². The number of hydrogen-bond acceptors (Lipinski definition) is 0. The monoisotopic (exact) mass is 474 g/mol. The Labute approximate surface area is 220 Å². The lowest BCUT2D eigenvalue weighted by Gasteiger charge is -2.25. The van der Waals surface area contributed by atoms with Gasteiger partial charge in [-0.3, -0.25) is 0 Å². The van der Waals surface area contributed by atoms with Crippen LogP contribution in [0.5, 0.6) is 0 Å². The first kappa shape index (κ1) is 24.0. The van der Waals surface area contributed by atoms with Gasteiger partial charge in [0.15, 0.2) is 0 Å². The third-order valence-electron chi connectivity index (χ3n) is 6.63. The first-order chi connectivity index (χ1) is 18.3. The van der Waals surface area contributed by atoms with Crippen LogP contribution in [0.2, 0.25) is 0 Å². The highest BCUT2D eigenvalue weighted by Crippen LogP contribution is 2.48. The van der Waals surface area contributed by atoms with Gasteiger partial charge < -0.3 is 0 Å². The maximum atomic E-state index is 3.94. The van der Waals surface area contributed by atoms with Crippen molar-refractivity contribution in [2.75, 3.05) is 0 Å². The molecule has 0 nitrogen and oxygen atoms in total. The summed E-state index contributed by atoms with van der Waals surface area (Å²) in [6.45, 7) is 6.05. The summed E-state index contributed by atoms with van der Waals surface area (Å²) >= 11 is 0. The third-order valence-corrected chi connectivity index (χ3v) is 6.63. The Bertz CT molecular complexity index is 1440. The molecule has 5 aromatic rings. The molecule has 0 heteroatoms. The zero-order valence-electron chi connectivity index (χ0n) is 21.1. The van der Waals surface area contributed by atoms with E-state index in [0.29, 0.717) is 0 Å². The summed E-state index contributed by atoms with van der Waals surface area (Å²) in [5, 5.41) is 0. The molecule has 5 aromatic carbocycles. The molecule has 0 fully saturated rings. The van der Waals surface area contributed by atoms with E-state index < -0.39 is 0 Å². The number of hydrogen-bond donors (Lipinski definition) is 0. The standard InChI is InChI=1S/C37H30/c1-3-5-18-28(4-2)37-35(31-23-14-8-15-24-31)33(29-19-10-6-11-20-29)27-34(30-21-12-7-13-22-30)36(37)32-25-16-9-17-26-32/h3-27H,1H2,2H3/b18-5-,28-4+. The van der Waals surface area contributed by atoms with Crippen molar-refractivity contribution < 1.29 is 0 Å². The van der Waals surface area contributed by atoms with Gasteiger partial charge in [0.1, 0.15) is 0 Å². The highest BCUT2D eigenvalue weighted by molar-refractivity contribution is 6.05. The fraction of sp³-hybridized carbons (Fsp3) is 0.0270. The second kappa shape index (κ2) is 11.4. The molecule has 0 aromatic heterocycles. The average Bonchev–Trinajstić information content (AvgIpc) is 2.98. The predicted molar refractivity (Wildman–Crippen MR) is 161 cm³/mol. The number of allylic oxidation sites excluding steroid dienone is 5. The van der Waals surface area contributed by atoms with Crippen molar-refractivity contribution in [3.05, 3.63) is 164 Å². The quantitative estimate of drug-likeness (QED) is 0.206. The molecule has 0 aliphatic carbocycles. The molecular weight excluding hydrogens is 444 g/mol. The molecule has 0 bridgehead atoms.